The third-order valence-electron chi connectivity index (χ3n) is 3.67. The van der Waals surface area contributed by atoms with E-state index in [1.54, 1.807) is 0 Å². The Balaban J connectivity index is 2.03. The molecule has 2 atom stereocenters. The van der Waals surface area contributed by atoms with Crippen molar-refractivity contribution >= 4 is 23.6 Å². The van der Waals surface area contributed by atoms with Crippen LogP contribution in [0.1, 0.15) is 26.7 Å². The fourth-order valence-electron chi connectivity index (χ4n) is 2.52. The van der Waals surface area contributed by atoms with Crippen LogP contribution in [0, 0.1) is 11.8 Å². The normalized spacial score (nSPS) is 29.6. The highest BCUT2D eigenvalue weighted by atomic mass is 32.2. The molecule has 2 unspecified atom stereocenters. The maximum Gasteiger partial charge on any atom is 0.245 e. The van der Waals surface area contributed by atoms with Gasteiger partial charge in [-0.2, -0.15) is 11.8 Å². The zero-order valence-electron chi connectivity index (χ0n) is 11.1. The average molecular weight is 270 g/mol. The summed E-state index contributed by atoms with van der Waals surface area (Å²) in [6.07, 6.45) is 1.64. The van der Waals surface area contributed by atoms with Gasteiger partial charge in [0.1, 0.15) is 6.04 Å². The average Bonchev–Trinajstić information content (AvgIpc) is 2.78. The van der Waals surface area contributed by atoms with E-state index in [2.05, 4.69) is 5.32 Å². The van der Waals surface area contributed by atoms with Crippen molar-refractivity contribution in [3.05, 3.63) is 0 Å². The molecule has 2 rings (SSSR count). The SMILES string of the molecule is CC(C)C1NC(=O)CCN(CC2CCSC2)C1=O. The Bertz CT molecular complexity index is 327. The lowest BCUT2D eigenvalue weighted by Crippen LogP contribution is -2.48. The minimum absolute atomic E-state index is 0.00495. The second kappa shape index (κ2) is 5.95. The Morgan fingerprint density at radius 3 is 2.83 bits per heavy atom. The molecule has 2 heterocycles. The van der Waals surface area contributed by atoms with Crippen molar-refractivity contribution in [3.63, 3.8) is 0 Å². The quantitative estimate of drug-likeness (QED) is 0.836. The molecule has 102 valence electrons. The fraction of sp³-hybridized carbons (Fsp3) is 0.846. The number of thioether (sulfide) groups is 1. The summed E-state index contributed by atoms with van der Waals surface area (Å²) in [7, 11) is 0. The Hall–Kier alpha value is -0.710. The number of amides is 2. The standard InChI is InChI=1S/C13H22N2O2S/c1-9(2)12-13(17)15(5-3-11(16)14-12)7-10-4-6-18-8-10/h9-10,12H,3-8H2,1-2H3,(H,14,16). The van der Waals surface area contributed by atoms with Crippen molar-refractivity contribution in [2.75, 3.05) is 24.6 Å². The molecule has 2 amide bonds. The van der Waals surface area contributed by atoms with Crippen LogP contribution in [0.25, 0.3) is 0 Å². The second-order valence-corrected chi connectivity index (χ2v) is 6.70. The van der Waals surface area contributed by atoms with Crippen LogP contribution < -0.4 is 5.32 Å². The number of carbonyl (C=O) groups is 2. The van der Waals surface area contributed by atoms with Gasteiger partial charge in [-0.3, -0.25) is 9.59 Å². The number of rotatable bonds is 3. The lowest BCUT2D eigenvalue weighted by atomic mass is 10.0. The molecule has 0 aromatic heterocycles. The van der Waals surface area contributed by atoms with Gasteiger partial charge in [-0.1, -0.05) is 13.8 Å². The summed E-state index contributed by atoms with van der Waals surface area (Å²) in [5.74, 6) is 3.23. The Labute approximate surface area is 113 Å². The third kappa shape index (κ3) is 3.19. The van der Waals surface area contributed by atoms with Crippen molar-refractivity contribution in [2.45, 2.75) is 32.7 Å². The van der Waals surface area contributed by atoms with E-state index in [1.807, 2.05) is 30.5 Å². The molecule has 0 bridgehead atoms. The van der Waals surface area contributed by atoms with Gasteiger partial charge >= 0.3 is 0 Å². The second-order valence-electron chi connectivity index (χ2n) is 5.55. The molecule has 0 spiro atoms. The molecule has 0 aromatic carbocycles. The van der Waals surface area contributed by atoms with Gasteiger partial charge in [0.2, 0.25) is 11.8 Å². The van der Waals surface area contributed by atoms with Gasteiger partial charge in [0, 0.05) is 19.5 Å². The van der Waals surface area contributed by atoms with Gasteiger partial charge < -0.3 is 10.2 Å². The topological polar surface area (TPSA) is 49.4 Å². The molecule has 2 aliphatic rings. The highest BCUT2D eigenvalue weighted by Crippen LogP contribution is 2.25. The number of hydrogen-bond acceptors (Lipinski definition) is 3. The predicted molar refractivity (Wildman–Crippen MR) is 73.4 cm³/mol. The van der Waals surface area contributed by atoms with Crippen LogP contribution in [0.3, 0.4) is 0 Å². The highest BCUT2D eigenvalue weighted by molar-refractivity contribution is 7.99. The van der Waals surface area contributed by atoms with Crippen LogP contribution >= 0.6 is 11.8 Å². The van der Waals surface area contributed by atoms with E-state index in [4.69, 9.17) is 0 Å². The number of carbonyl (C=O) groups excluding carboxylic acids is 2. The molecule has 2 saturated heterocycles. The van der Waals surface area contributed by atoms with Crippen molar-refractivity contribution in [3.8, 4) is 0 Å². The first kappa shape index (κ1) is 13.7. The van der Waals surface area contributed by atoms with Gasteiger partial charge in [0.05, 0.1) is 0 Å². The lowest BCUT2D eigenvalue weighted by molar-refractivity contribution is -0.135. The molecule has 2 aliphatic heterocycles. The Morgan fingerprint density at radius 2 is 2.22 bits per heavy atom. The molecule has 0 saturated carbocycles. The van der Waals surface area contributed by atoms with Crippen LogP contribution in [-0.4, -0.2) is 47.4 Å². The van der Waals surface area contributed by atoms with E-state index in [9.17, 15) is 9.59 Å². The minimum Gasteiger partial charge on any atom is -0.344 e. The molecule has 1 N–H and O–H groups in total. The van der Waals surface area contributed by atoms with Crippen molar-refractivity contribution < 1.29 is 9.59 Å². The van der Waals surface area contributed by atoms with Crippen LogP contribution in [0.15, 0.2) is 0 Å². The number of hydrogen-bond donors (Lipinski definition) is 1. The Morgan fingerprint density at radius 1 is 1.44 bits per heavy atom. The molecule has 18 heavy (non-hydrogen) atoms. The largest absolute Gasteiger partial charge is 0.344 e. The van der Waals surface area contributed by atoms with Crippen LogP contribution in [0.2, 0.25) is 0 Å². The van der Waals surface area contributed by atoms with Gasteiger partial charge in [0.15, 0.2) is 0 Å². The summed E-state index contributed by atoms with van der Waals surface area (Å²) in [6, 6.07) is -0.339. The lowest BCUT2D eigenvalue weighted by Gasteiger charge is -2.28. The zero-order chi connectivity index (χ0) is 13.1. The molecule has 0 radical (unpaired) electrons. The molecular formula is C13H22N2O2S. The van der Waals surface area contributed by atoms with E-state index < -0.39 is 0 Å². The summed E-state index contributed by atoms with van der Waals surface area (Å²) in [5.41, 5.74) is 0. The van der Waals surface area contributed by atoms with E-state index in [0.717, 1.165) is 12.3 Å². The number of nitrogens with one attached hydrogen (secondary N) is 1. The first-order valence-corrected chi connectivity index (χ1v) is 7.89. The smallest absolute Gasteiger partial charge is 0.245 e. The third-order valence-corrected chi connectivity index (χ3v) is 4.90. The van der Waals surface area contributed by atoms with E-state index in [-0.39, 0.29) is 23.8 Å². The van der Waals surface area contributed by atoms with Crippen molar-refractivity contribution in [2.24, 2.45) is 11.8 Å². The molecular weight excluding hydrogens is 248 g/mol. The molecule has 0 aromatic rings. The molecule has 5 heteroatoms. The zero-order valence-corrected chi connectivity index (χ0v) is 12.0. The van der Waals surface area contributed by atoms with Crippen LogP contribution in [-0.2, 0) is 9.59 Å². The van der Waals surface area contributed by atoms with Gasteiger partial charge in [-0.15, -0.1) is 0 Å². The van der Waals surface area contributed by atoms with Crippen LogP contribution in [0.4, 0.5) is 0 Å². The Kier molecular flexibility index (Phi) is 4.54. The first-order chi connectivity index (χ1) is 8.58. The molecule has 2 fully saturated rings. The summed E-state index contributed by atoms with van der Waals surface area (Å²) in [5, 5.41) is 2.85. The monoisotopic (exact) mass is 270 g/mol. The predicted octanol–water partition coefficient (Wildman–Crippen LogP) is 1.11. The summed E-state index contributed by atoms with van der Waals surface area (Å²) in [6.45, 7) is 5.37. The fourth-order valence-corrected chi connectivity index (χ4v) is 3.79. The number of nitrogens with zero attached hydrogens (tertiary/aromatic N) is 1. The molecule has 4 nitrogen and oxygen atoms in total. The van der Waals surface area contributed by atoms with E-state index in [1.165, 1.54) is 12.2 Å². The highest BCUT2D eigenvalue weighted by Gasteiger charge is 2.33. The maximum atomic E-state index is 12.4. The summed E-state index contributed by atoms with van der Waals surface area (Å²) in [4.78, 5) is 26.0. The van der Waals surface area contributed by atoms with Crippen molar-refractivity contribution in [1.29, 1.82) is 0 Å². The minimum atomic E-state index is -0.339. The maximum absolute atomic E-state index is 12.4. The first-order valence-electron chi connectivity index (χ1n) is 6.74. The summed E-state index contributed by atoms with van der Waals surface area (Å²) >= 11 is 1.96. The van der Waals surface area contributed by atoms with Gasteiger partial charge in [-0.25, -0.2) is 0 Å². The van der Waals surface area contributed by atoms with Crippen LogP contribution in [0.5, 0.6) is 0 Å². The van der Waals surface area contributed by atoms with Gasteiger partial charge in [-0.05, 0) is 29.8 Å². The van der Waals surface area contributed by atoms with E-state index in [0.29, 0.717) is 18.9 Å². The summed E-state index contributed by atoms with van der Waals surface area (Å²) < 4.78 is 0. The van der Waals surface area contributed by atoms with Crippen molar-refractivity contribution in [1.82, 2.24) is 10.2 Å². The van der Waals surface area contributed by atoms with E-state index >= 15 is 0 Å². The van der Waals surface area contributed by atoms with Gasteiger partial charge in [0.25, 0.3) is 0 Å². The molecule has 0 aliphatic carbocycles.